The van der Waals surface area contributed by atoms with Crippen LogP contribution in [0, 0.1) is 0 Å². The van der Waals surface area contributed by atoms with E-state index in [-0.39, 0.29) is 24.1 Å². The Morgan fingerprint density at radius 1 is 1.12 bits per heavy atom. The fourth-order valence-corrected chi connectivity index (χ4v) is 3.24. The van der Waals surface area contributed by atoms with Gasteiger partial charge in [0, 0.05) is 18.2 Å². The number of allylic oxidation sites excluding steroid dienone is 1. The number of likely N-dealkylation sites (tertiary alicyclic amines) is 1. The van der Waals surface area contributed by atoms with Crippen molar-refractivity contribution in [2.75, 3.05) is 6.61 Å². The Morgan fingerprint density at radius 2 is 1.76 bits per heavy atom. The quantitative estimate of drug-likeness (QED) is 0.462. The molecular weight excluding hydrogens is 318 g/mol. The molecule has 0 radical (unpaired) electrons. The van der Waals surface area contributed by atoms with Crippen LogP contribution in [0.15, 0.2) is 12.2 Å². The van der Waals surface area contributed by atoms with E-state index in [1.165, 1.54) is 6.08 Å². The van der Waals surface area contributed by atoms with Crippen molar-refractivity contribution >= 4 is 12.1 Å². The highest BCUT2D eigenvalue weighted by atomic mass is 16.6. The molecule has 0 N–H and O–H groups in total. The average molecular weight is 354 g/mol. The Hall–Kier alpha value is -1.52. The molecule has 1 rings (SSSR count). The van der Waals surface area contributed by atoms with Gasteiger partial charge in [-0.25, -0.2) is 9.59 Å². The van der Waals surface area contributed by atoms with Crippen molar-refractivity contribution in [1.29, 1.82) is 0 Å². The molecule has 0 spiro atoms. The zero-order chi connectivity index (χ0) is 18.9. The van der Waals surface area contributed by atoms with E-state index in [1.54, 1.807) is 6.92 Å². The maximum atomic E-state index is 12.7. The summed E-state index contributed by atoms with van der Waals surface area (Å²) in [5, 5.41) is 0. The van der Waals surface area contributed by atoms with Gasteiger partial charge >= 0.3 is 12.1 Å². The molecule has 25 heavy (non-hydrogen) atoms. The predicted octanol–water partition coefficient (Wildman–Crippen LogP) is 4.84. The fraction of sp³-hybridized carbons (Fsp3) is 0.800. The van der Waals surface area contributed by atoms with Gasteiger partial charge in [0.05, 0.1) is 6.61 Å². The molecule has 0 aliphatic carbocycles. The summed E-state index contributed by atoms with van der Waals surface area (Å²) in [5.74, 6) is -0.307. The lowest BCUT2D eigenvalue weighted by molar-refractivity contribution is -0.137. The molecule has 0 aromatic heterocycles. The number of amides is 1. The van der Waals surface area contributed by atoms with E-state index in [1.807, 2.05) is 31.7 Å². The van der Waals surface area contributed by atoms with Crippen LogP contribution >= 0.6 is 0 Å². The number of hydrogen-bond donors (Lipinski definition) is 0. The summed E-state index contributed by atoms with van der Waals surface area (Å²) in [6.45, 7) is 10.1. The molecule has 2 atom stereocenters. The summed E-state index contributed by atoms with van der Waals surface area (Å²) in [4.78, 5) is 26.0. The lowest BCUT2D eigenvalue weighted by atomic mass is 10.1. The van der Waals surface area contributed by atoms with Crippen LogP contribution in [0.2, 0.25) is 0 Å². The van der Waals surface area contributed by atoms with Crippen LogP contribution in [0.4, 0.5) is 4.79 Å². The third-order valence-corrected chi connectivity index (χ3v) is 4.32. The zero-order valence-corrected chi connectivity index (χ0v) is 16.5. The first-order valence-corrected chi connectivity index (χ1v) is 9.63. The molecule has 0 aromatic rings. The maximum absolute atomic E-state index is 12.7. The van der Waals surface area contributed by atoms with Crippen molar-refractivity contribution in [3.63, 3.8) is 0 Å². The van der Waals surface area contributed by atoms with Gasteiger partial charge in [-0.1, -0.05) is 25.8 Å². The van der Waals surface area contributed by atoms with Gasteiger partial charge in [-0.15, -0.1) is 0 Å². The number of carbonyl (C=O) groups is 2. The highest BCUT2D eigenvalue weighted by Gasteiger charge is 2.38. The van der Waals surface area contributed by atoms with E-state index in [9.17, 15) is 9.59 Å². The summed E-state index contributed by atoms with van der Waals surface area (Å²) >= 11 is 0. The van der Waals surface area contributed by atoms with E-state index in [0.29, 0.717) is 6.61 Å². The van der Waals surface area contributed by atoms with Crippen molar-refractivity contribution in [2.24, 2.45) is 0 Å². The topological polar surface area (TPSA) is 55.8 Å². The van der Waals surface area contributed by atoms with Crippen LogP contribution in [0.25, 0.3) is 0 Å². The summed E-state index contributed by atoms with van der Waals surface area (Å²) < 4.78 is 10.5. The third-order valence-electron chi connectivity index (χ3n) is 4.32. The van der Waals surface area contributed by atoms with Gasteiger partial charge < -0.3 is 14.4 Å². The highest BCUT2D eigenvalue weighted by molar-refractivity contribution is 5.81. The SMILES string of the molecule is CCCC[C@H]1CC[C@@H](CC/C=C/C(=O)OCC)N1C(=O)OC(C)(C)C. The zero-order valence-electron chi connectivity index (χ0n) is 16.5. The largest absolute Gasteiger partial charge is 0.463 e. The van der Waals surface area contributed by atoms with Crippen LogP contribution in [0.5, 0.6) is 0 Å². The monoisotopic (exact) mass is 353 g/mol. The molecule has 1 heterocycles. The van der Waals surface area contributed by atoms with E-state index >= 15 is 0 Å². The van der Waals surface area contributed by atoms with E-state index in [0.717, 1.165) is 44.9 Å². The van der Waals surface area contributed by atoms with Crippen LogP contribution < -0.4 is 0 Å². The number of rotatable bonds is 8. The molecule has 1 aliphatic heterocycles. The first kappa shape index (κ1) is 21.5. The summed E-state index contributed by atoms with van der Waals surface area (Å²) in [5.41, 5.74) is -0.483. The van der Waals surface area contributed by atoms with Gasteiger partial charge in [-0.2, -0.15) is 0 Å². The number of esters is 1. The molecule has 1 saturated heterocycles. The Morgan fingerprint density at radius 3 is 2.32 bits per heavy atom. The Balaban J connectivity index is 2.65. The molecule has 1 amide bonds. The minimum absolute atomic E-state index is 0.184. The van der Waals surface area contributed by atoms with Gasteiger partial charge in [0.1, 0.15) is 5.60 Å². The second kappa shape index (κ2) is 10.5. The van der Waals surface area contributed by atoms with Crippen LogP contribution in [0.3, 0.4) is 0 Å². The average Bonchev–Trinajstić information content (AvgIpc) is 2.91. The first-order valence-electron chi connectivity index (χ1n) is 9.63. The number of unbranched alkanes of at least 4 members (excludes halogenated alkanes) is 1. The predicted molar refractivity (Wildman–Crippen MR) is 99.4 cm³/mol. The Bertz CT molecular complexity index is 453. The fourth-order valence-electron chi connectivity index (χ4n) is 3.24. The van der Waals surface area contributed by atoms with Gasteiger partial charge in [0.25, 0.3) is 0 Å². The van der Waals surface area contributed by atoms with Crippen molar-refractivity contribution in [3.8, 4) is 0 Å². The Kier molecular flexibility index (Phi) is 9.01. The minimum atomic E-state index is -0.483. The molecule has 0 bridgehead atoms. The van der Waals surface area contributed by atoms with Crippen LogP contribution in [0.1, 0.15) is 79.6 Å². The number of hydrogen-bond acceptors (Lipinski definition) is 4. The molecule has 5 heteroatoms. The molecule has 0 unspecified atom stereocenters. The van der Waals surface area contributed by atoms with Gasteiger partial charge in [-0.05, 0) is 59.8 Å². The van der Waals surface area contributed by atoms with Gasteiger partial charge in [0.15, 0.2) is 0 Å². The lowest BCUT2D eigenvalue weighted by Gasteiger charge is -2.32. The van der Waals surface area contributed by atoms with Crippen molar-refractivity contribution in [1.82, 2.24) is 4.90 Å². The summed E-state index contributed by atoms with van der Waals surface area (Å²) in [6, 6.07) is 0.456. The van der Waals surface area contributed by atoms with Crippen molar-refractivity contribution in [2.45, 2.75) is 97.2 Å². The van der Waals surface area contributed by atoms with Gasteiger partial charge in [-0.3, -0.25) is 0 Å². The molecule has 0 saturated carbocycles. The third kappa shape index (κ3) is 7.93. The standard InChI is InChI=1S/C20H35NO4/c1-6-8-11-16-14-15-17(12-9-10-13-18(22)24-7-2)21(16)19(23)25-20(3,4)5/h10,13,16-17H,6-9,11-12,14-15H2,1-5H3/b13-10+/t16-,17+/m0/s1. The normalized spacial score (nSPS) is 20.9. The van der Waals surface area contributed by atoms with Crippen molar-refractivity contribution in [3.05, 3.63) is 12.2 Å². The second-order valence-corrected chi connectivity index (χ2v) is 7.65. The van der Waals surface area contributed by atoms with E-state index in [4.69, 9.17) is 9.47 Å². The highest BCUT2D eigenvalue weighted by Crippen LogP contribution is 2.32. The van der Waals surface area contributed by atoms with E-state index in [2.05, 4.69) is 6.92 Å². The molecular formula is C20H35NO4. The summed E-state index contributed by atoms with van der Waals surface area (Å²) in [6.07, 6.45) is 10.0. The number of carbonyl (C=O) groups excluding carboxylic acids is 2. The first-order chi connectivity index (χ1) is 11.8. The Labute approximate surface area is 152 Å². The molecule has 1 fully saturated rings. The van der Waals surface area contributed by atoms with Gasteiger partial charge in [0.2, 0.25) is 0 Å². The van der Waals surface area contributed by atoms with Crippen molar-refractivity contribution < 1.29 is 19.1 Å². The van der Waals surface area contributed by atoms with Crippen LogP contribution in [-0.2, 0) is 14.3 Å². The molecule has 1 aliphatic rings. The molecule has 144 valence electrons. The van der Waals surface area contributed by atoms with Crippen LogP contribution in [-0.4, -0.2) is 41.3 Å². The smallest absolute Gasteiger partial charge is 0.410 e. The molecule has 0 aromatic carbocycles. The second-order valence-electron chi connectivity index (χ2n) is 7.65. The lowest BCUT2D eigenvalue weighted by Crippen LogP contribution is -2.44. The van der Waals surface area contributed by atoms with E-state index < -0.39 is 5.60 Å². The molecule has 5 nitrogen and oxygen atoms in total. The summed E-state index contributed by atoms with van der Waals surface area (Å²) in [7, 11) is 0. The number of nitrogens with zero attached hydrogens (tertiary/aromatic N) is 1. The number of ether oxygens (including phenoxy) is 2. The minimum Gasteiger partial charge on any atom is -0.463 e. The maximum Gasteiger partial charge on any atom is 0.410 e.